The molecule has 1 aromatic rings. The predicted octanol–water partition coefficient (Wildman–Crippen LogP) is 4.09. The second-order valence-electron chi connectivity index (χ2n) is 16.2. The van der Waals surface area contributed by atoms with Crippen molar-refractivity contribution in [1.29, 1.82) is 0 Å². The molecule has 2 spiro atoms. The Hall–Kier alpha value is -1.44. The molecule has 0 atom stereocenters. The maximum atomic E-state index is 13.1. The third-order valence-corrected chi connectivity index (χ3v) is 14.0. The Morgan fingerprint density at radius 1 is 0.694 bits per heavy atom. The molecule has 5 aliphatic heterocycles. The number of Topliss-reactive ketones (excluding diaryl/α,β-unsaturated/α-hetero) is 1. The number of rotatable bonds is 8. The average molecular weight is 700 g/mol. The van der Waals surface area contributed by atoms with Crippen LogP contribution >= 0.6 is 0 Å². The van der Waals surface area contributed by atoms with Gasteiger partial charge in [0.1, 0.15) is 17.2 Å². The van der Waals surface area contributed by atoms with Gasteiger partial charge < -0.3 is 24.2 Å². The van der Waals surface area contributed by atoms with Crippen molar-refractivity contribution in [2.45, 2.75) is 100 Å². The molecule has 5 heterocycles. The molecule has 5 saturated heterocycles. The summed E-state index contributed by atoms with van der Waals surface area (Å²) >= 11 is 0. The van der Waals surface area contributed by atoms with E-state index in [-0.39, 0.29) is 5.72 Å². The second kappa shape index (κ2) is 15.7. The number of carbonyl (C=O) groups is 1. The maximum Gasteiger partial charge on any atom is 0.245 e. The zero-order valence-corrected chi connectivity index (χ0v) is 30.8. The molecule has 49 heavy (non-hydrogen) atoms. The number of ether oxygens (including phenoxy) is 2. The quantitative estimate of drug-likeness (QED) is 0.431. The Kier molecular flexibility index (Phi) is 11.5. The van der Waals surface area contributed by atoms with E-state index in [4.69, 9.17) is 9.47 Å². The van der Waals surface area contributed by atoms with E-state index in [0.717, 1.165) is 88.3 Å². The van der Waals surface area contributed by atoms with Gasteiger partial charge in [-0.15, -0.1) is 0 Å². The molecule has 0 unspecified atom stereocenters. The zero-order chi connectivity index (χ0) is 33.9. The monoisotopic (exact) mass is 699 g/mol. The summed E-state index contributed by atoms with van der Waals surface area (Å²) in [5.41, 5.74) is 0.499. The van der Waals surface area contributed by atoms with Gasteiger partial charge in [0.15, 0.2) is 0 Å². The molecule has 1 N–H and O–H groups in total. The van der Waals surface area contributed by atoms with Crippen LogP contribution in [0.3, 0.4) is 0 Å². The van der Waals surface area contributed by atoms with E-state index >= 15 is 0 Å². The van der Waals surface area contributed by atoms with Crippen LogP contribution in [0.25, 0.3) is 0 Å². The third kappa shape index (κ3) is 9.71. The van der Waals surface area contributed by atoms with Crippen molar-refractivity contribution < 1.29 is 22.7 Å². The van der Waals surface area contributed by atoms with Crippen molar-refractivity contribution in [1.82, 2.24) is 24.3 Å². The SMILES string of the molecule is C1COC2(CCN(CC3CC3)CC2)N1.Cc1ccc(S(=O)(=O)N2CCOC23CCN(CC2CC2)CC3)cc1.O=C1CCN(CC2CC2)CC1. The lowest BCUT2D eigenvalue weighted by atomic mass is 10.0. The average Bonchev–Trinajstić information content (AvgIpc) is 4.06. The molecule has 10 nitrogen and oxygen atoms in total. The summed E-state index contributed by atoms with van der Waals surface area (Å²) in [5.74, 6) is 3.33. The van der Waals surface area contributed by atoms with Crippen molar-refractivity contribution in [3.05, 3.63) is 29.8 Å². The van der Waals surface area contributed by atoms with Gasteiger partial charge in [-0.05, 0) is 75.3 Å². The summed E-state index contributed by atoms with van der Waals surface area (Å²) in [6, 6.07) is 7.13. The molecule has 8 fully saturated rings. The molecule has 0 aromatic heterocycles. The topological polar surface area (TPSA) is 94.7 Å². The Morgan fingerprint density at radius 3 is 1.69 bits per heavy atom. The number of piperidine rings is 3. The summed E-state index contributed by atoms with van der Waals surface area (Å²) in [6.45, 7) is 15.0. The molecule has 9 rings (SSSR count). The largest absolute Gasteiger partial charge is 0.359 e. The number of ketones is 1. The fraction of sp³-hybridized carbons (Fsp3) is 0.816. The van der Waals surface area contributed by atoms with Crippen LogP contribution in [-0.2, 0) is 24.3 Å². The number of likely N-dealkylation sites (tertiary alicyclic amines) is 3. The van der Waals surface area contributed by atoms with Gasteiger partial charge in [0.25, 0.3) is 0 Å². The van der Waals surface area contributed by atoms with E-state index in [1.807, 2.05) is 19.1 Å². The fourth-order valence-corrected chi connectivity index (χ4v) is 9.95. The van der Waals surface area contributed by atoms with Crippen LogP contribution in [0.15, 0.2) is 29.2 Å². The molecular weight excluding hydrogens is 639 g/mol. The van der Waals surface area contributed by atoms with E-state index < -0.39 is 15.7 Å². The molecule has 0 bridgehead atoms. The van der Waals surface area contributed by atoms with Crippen LogP contribution in [0.1, 0.15) is 82.6 Å². The van der Waals surface area contributed by atoms with Gasteiger partial charge in [-0.3, -0.25) is 10.1 Å². The second-order valence-corrected chi connectivity index (χ2v) is 18.1. The zero-order valence-electron chi connectivity index (χ0n) is 30.0. The van der Waals surface area contributed by atoms with Gasteiger partial charge in [0, 0.05) is 111 Å². The van der Waals surface area contributed by atoms with Crippen LogP contribution in [0.2, 0.25) is 0 Å². The number of nitrogens with one attached hydrogen (secondary N) is 1. The van der Waals surface area contributed by atoms with Gasteiger partial charge >= 0.3 is 0 Å². The Bertz CT molecular complexity index is 1330. The highest BCUT2D eigenvalue weighted by Crippen LogP contribution is 2.40. The summed E-state index contributed by atoms with van der Waals surface area (Å²) in [6.07, 6.45) is 14.0. The minimum Gasteiger partial charge on any atom is -0.359 e. The normalized spacial score (nSPS) is 27.9. The number of sulfonamides is 1. The summed E-state index contributed by atoms with van der Waals surface area (Å²) in [4.78, 5) is 18.8. The minimum atomic E-state index is -3.50. The molecule has 0 amide bonds. The first-order valence-electron chi connectivity index (χ1n) is 19.5. The standard InChI is InChI=1S/C18H26N2O3S.C11H20N2O.C9H15NO/c1-15-2-6-17(7-3-15)24(21,22)20-12-13-23-18(20)8-10-19(11-9-18)14-16-4-5-16;1-2-10(1)9-13-6-3-11(4-7-13)12-5-8-14-11;11-9-3-5-10(6-4-9)7-8-1-2-8/h2-3,6-7,16H,4-5,8-14H2,1H3;10,12H,1-9H2;8H,1-7H2. The van der Waals surface area contributed by atoms with Crippen molar-refractivity contribution >= 4 is 15.8 Å². The van der Waals surface area contributed by atoms with E-state index in [1.54, 1.807) is 16.4 Å². The number of carbonyl (C=O) groups excluding carboxylic acids is 1. The van der Waals surface area contributed by atoms with Gasteiger partial charge in [-0.25, -0.2) is 8.42 Å². The van der Waals surface area contributed by atoms with E-state index in [1.165, 1.54) is 84.1 Å². The predicted molar refractivity (Wildman–Crippen MR) is 191 cm³/mol. The van der Waals surface area contributed by atoms with Gasteiger partial charge in [-0.2, -0.15) is 4.31 Å². The van der Waals surface area contributed by atoms with Crippen molar-refractivity contribution in [3.63, 3.8) is 0 Å². The maximum absolute atomic E-state index is 13.1. The Morgan fingerprint density at radius 2 is 1.20 bits per heavy atom. The Labute approximate surface area is 295 Å². The first-order chi connectivity index (χ1) is 23.7. The molecule has 1 aromatic carbocycles. The molecule has 11 heteroatoms. The van der Waals surface area contributed by atoms with Gasteiger partial charge in [0.2, 0.25) is 10.0 Å². The number of hydrogen-bond donors (Lipinski definition) is 1. The van der Waals surface area contributed by atoms with E-state index in [0.29, 0.717) is 23.8 Å². The summed E-state index contributed by atoms with van der Waals surface area (Å²) < 4.78 is 39.7. The fourth-order valence-electron chi connectivity index (χ4n) is 8.23. The Balaban J connectivity index is 0.000000127. The molecule has 3 saturated carbocycles. The van der Waals surface area contributed by atoms with Crippen molar-refractivity contribution in [3.8, 4) is 0 Å². The number of benzene rings is 1. The number of aryl methyl sites for hydroxylation is 1. The van der Waals surface area contributed by atoms with Crippen molar-refractivity contribution in [2.24, 2.45) is 17.8 Å². The van der Waals surface area contributed by atoms with E-state index in [2.05, 4.69) is 20.0 Å². The minimum absolute atomic E-state index is 0.0695. The van der Waals surface area contributed by atoms with Crippen molar-refractivity contribution in [2.75, 3.05) is 85.2 Å². The first kappa shape index (κ1) is 35.9. The molecule has 0 radical (unpaired) electrons. The van der Waals surface area contributed by atoms with Gasteiger partial charge in [-0.1, -0.05) is 17.7 Å². The van der Waals surface area contributed by atoms with Crippen LogP contribution in [-0.4, -0.2) is 130 Å². The highest BCUT2D eigenvalue weighted by Gasteiger charge is 2.50. The van der Waals surface area contributed by atoms with Gasteiger partial charge in [0.05, 0.1) is 18.1 Å². The summed E-state index contributed by atoms with van der Waals surface area (Å²) in [5, 5.41) is 3.51. The molecule has 274 valence electrons. The smallest absolute Gasteiger partial charge is 0.245 e. The highest BCUT2D eigenvalue weighted by atomic mass is 32.2. The third-order valence-electron chi connectivity index (χ3n) is 12.0. The van der Waals surface area contributed by atoms with E-state index in [9.17, 15) is 13.2 Å². The van der Waals surface area contributed by atoms with Crippen LogP contribution in [0.4, 0.5) is 0 Å². The van der Waals surface area contributed by atoms with Crippen LogP contribution in [0.5, 0.6) is 0 Å². The lowest BCUT2D eigenvalue weighted by molar-refractivity contribution is -0.121. The first-order valence-corrected chi connectivity index (χ1v) is 21.0. The van der Waals surface area contributed by atoms with Crippen LogP contribution in [0, 0.1) is 24.7 Å². The molecular formula is C38H61N5O5S. The molecule has 8 aliphatic rings. The lowest BCUT2D eigenvalue weighted by Crippen LogP contribution is -2.55. The highest BCUT2D eigenvalue weighted by molar-refractivity contribution is 7.89. The number of nitrogens with zero attached hydrogens (tertiary/aromatic N) is 4. The van der Waals surface area contributed by atoms with Crippen LogP contribution < -0.4 is 5.32 Å². The lowest BCUT2D eigenvalue weighted by Gasteiger charge is -2.43. The number of hydrogen-bond acceptors (Lipinski definition) is 9. The molecule has 3 aliphatic carbocycles. The summed E-state index contributed by atoms with van der Waals surface area (Å²) in [7, 11) is -3.50.